The SMILES string of the molecule is CCNC(=NCc1sc(C)nc1C)NC1CCCN(c2cnn(C)c2)C1.I. The van der Waals surface area contributed by atoms with E-state index in [4.69, 9.17) is 4.99 Å². The van der Waals surface area contributed by atoms with Crippen molar-refractivity contribution in [3.05, 3.63) is 28.0 Å². The van der Waals surface area contributed by atoms with Gasteiger partial charge in [-0.3, -0.25) is 4.68 Å². The molecule has 1 aliphatic heterocycles. The lowest BCUT2D eigenvalue weighted by Crippen LogP contribution is -2.51. The number of aryl methyl sites for hydroxylation is 3. The first-order chi connectivity index (χ1) is 12.5. The molecule has 0 spiro atoms. The Bertz CT molecular complexity index is 755. The van der Waals surface area contributed by atoms with Crippen LogP contribution in [0.1, 0.15) is 35.3 Å². The van der Waals surface area contributed by atoms with Crippen molar-refractivity contribution >= 4 is 47.0 Å². The van der Waals surface area contributed by atoms with Crippen LogP contribution in [0.15, 0.2) is 17.4 Å². The van der Waals surface area contributed by atoms with Gasteiger partial charge in [0, 0.05) is 43.8 Å². The molecule has 3 heterocycles. The van der Waals surface area contributed by atoms with E-state index < -0.39 is 0 Å². The highest BCUT2D eigenvalue weighted by Crippen LogP contribution is 2.20. The minimum absolute atomic E-state index is 0. The number of aromatic nitrogens is 3. The molecule has 0 saturated carbocycles. The number of aliphatic imine (C=N–C) groups is 1. The van der Waals surface area contributed by atoms with Crippen molar-refractivity contribution in [2.45, 2.75) is 46.2 Å². The Hall–Kier alpha value is -1.36. The summed E-state index contributed by atoms with van der Waals surface area (Å²) in [4.78, 5) is 12.9. The summed E-state index contributed by atoms with van der Waals surface area (Å²) in [7, 11) is 1.96. The third-order valence-electron chi connectivity index (χ3n) is 4.54. The molecule has 0 amide bonds. The number of guanidine groups is 1. The van der Waals surface area contributed by atoms with E-state index in [0.29, 0.717) is 12.6 Å². The summed E-state index contributed by atoms with van der Waals surface area (Å²) < 4.78 is 1.86. The molecule has 3 rings (SSSR count). The third kappa shape index (κ3) is 6.06. The smallest absolute Gasteiger partial charge is 0.191 e. The first-order valence-corrected chi connectivity index (χ1v) is 10.1. The van der Waals surface area contributed by atoms with Crippen LogP contribution in [-0.4, -0.2) is 46.4 Å². The van der Waals surface area contributed by atoms with E-state index in [2.05, 4.69) is 45.7 Å². The topological polar surface area (TPSA) is 70.4 Å². The van der Waals surface area contributed by atoms with Crippen molar-refractivity contribution < 1.29 is 0 Å². The van der Waals surface area contributed by atoms with Crippen molar-refractivity contribution in [3.8, 4) is 0 Å². The molecule has 2 aromatic rings. The Labute approximate surface area is 182 Å². The van der Waals surface area contributed by atoms with Gasteiger partial charge in [0.25, 0.3) is 0 Å². The Morgan fingerprint density at radius 2 is 2.22 bits per heavy atom. The van der Waals surface area contributed by atoms with Gasteiger partial charge in [0.15, 0.2) is 5.96 Å². The Morgan fingerprint density at radius 3 is 2.85 bits per heavy atom. The first-order valence-electron chi connectivity index (χ1n) is 9.26. The molecule has 27 heavy (non-hydrogen) atoms. The zero-order chi connectivity index (χ0) is 18.5. The van der Waals surface area contributed by atoms with Crippen molar-refractivity contribution in [1.29, 1.82) is 0 Å². The van der Waals surface area contributed by atoms with E-state index in [1.807, 2.05) is 24.9 Å². The number of nitrogens with zero attached hydrogens (tertiary/aromatic N) is 5. The number of hydrogen-bond acceptors (Lipinski definition) is 5. The van der Waals surface area contributed by atoms with E-state index in [0.717, 1.165) is 42.7 Å². The minimum Gasteiger partial charge on any atom is -0.367 e. The number of piperidine rings is 1. The molecule has 0 bridgehead atoms. The van der Waals surface area contributed by atoms with Crippen LogP contribution in [0.2, 0.25) is 0 Å². The number of nitrogens with one attached hydrogen (secondary N) is 2. The molecule has 0 radical (unpaired) electrons. The fourth-order valence-corrected chi connectivity index (χ4v) is 4.15. The maximum absolute atomic E-state index is 4.78. The summed E-state index contributed by atoms with van der Waals surface area (Å²) in [6, 6.07) is 0.381. The predicted octanol–water partition coefficient (Wildman–Crippen LogP) is 2.84. The quantitative estimate of drug-likeness (QED) is 0.373. The number of hydrogen-bond donors (Lipinski definition) is 2. The molecular formula is C18H30IN7S. The maximum atomic E-state index is 4.78. The highest BCUT2D eigenvalue weighted by Gasteiger charge is 2.21. The summed E-state index contributed by atoms with van der Waals surface area (Å²) in [6.45, 7) is 9.77. The Balaban J connectivity index is 0.00000261. The van der Waals surface area contributed by atoms with E-state index in [-0.39, 0.29) is 24.0 Å². The van der Waals surface area contributed by atoms with Crippen LogP contribution >= 0.6 is 35.3 Å². The lowest BCUT2D eigenvalue weighted by Gasteiger charge is -2.34. The molecule has 0 aliphatic carbocycles. The molecular weight excluding hydrogens is 473 g/mol. The molecule has 2 N–H and O–H groups in total. The van der Waals surface area contributed by atoms with Crippen molar-refractivity contribution in [2.75, 3.05) is 24.5 Å². The van der Waals surface area contributed by atoms with Crippen LogP contribution < -0.4 is 15.5 Å². The van der Waals surface area contributed by atoms with E-state index >= 15 is 0 Å². The molecule has 2 aromatic heterocycles. The average molecular weight is 503 g/mol. The zero-order valence-electron chi connectivity index (χ0n) is 16.5. The van der Waals surface area contributed by atoms with Gasteiger partial charge in [-0.1, -0.05) is 0 Å². The molecule has 1 unspecified atom stereocenters. The fraction of sp³-hybridized carbons (Fsp3) is 0.611. The van der Waals surface area contributed by atoms with Gasteiger partial charge < -0.3 is 15.5 Å². The summed E-state index contributed by atoms with van der Waals surface area (Å²) in [5, 5.41) is 12.4. The molecule has 1 fully saturated rings. The van der Waals surface area contributed by atoms with Gasteiger partial charge in [-0.25, -0.2) is 9.98 Å². The van der Waals surface area contributed by atoms with E-state index in [1.165, 1.54) is 17.0 Å². The fourth-order valence-electron chi connectivity index (χ4n) is 3.29. The number of rotatable bonds is 5. The summed E-state index contributed by atoms with van der Waals surface area (Å²) in [6.07, 6.45) is 6.34. The van der Waals surface area contributed by atoms with Gasteiger partial charge in [-0.05, 0) is 33.6 Å². The van der Waals surface area contributed by atoms with Crippen LogP contribution in [0.3, 0.4) is 0 Å². The lowest BCUT2D eigenvalue weighted by molar-refractivity contribution is 0.468. The van der Waals surface area contributed by atoms with E-state index in [9.17, 15) is 0 Å². The second-order valence-electron chi connectivity index (χ2n) is 6.74. The Kier molecular flexibility index (Phi) is 8.33. The largest absolute Gasteiger partial charge is 0.367 e. The summed E-state index contributed by atoms with van der Waals surface area (Å²) >= 11 is 1.73. The second kappa shape index (κ2) is 10.3. The monoisotopic (exact) mass is 503 g/mol. The van der Waals surface area contributed by atoms with E-state index in [1.54, 1.807) is 11.3 Å². The zero-order valence-corrected chi connectivity index (χ0v) is 19.7. The van der Waals surface area contributed by atoms with Crippen LogP contribution in [0.5, 0.6) is 0 Å². The van der Waals surface area contributed by atoms with Gasteiger partial charge >= 0.3 is 0 Å². The molecule has 0 aromatic carbocycles. The molecule has 7 nitrogen and oxygen atoms in total. The van der Waals surface area contributed by atoms with Crippen LogP contribution in [0.25, 0.3) is 0 Å². The number of halogens is 1. The summed E-state index contributed by atoms with van der Waals surface area (Å²) in [5.41, 5.74) is 2.28. The molecule has 1 aliphatic rings. The predicted molar refractivity (Wildman–Crippen MR) is 123 cm³/mol. The molecule has 9 heteroatoms. The lowest BCUT2D eigenvalue weighted by atomic mass is 10.1. The summed E-state index contributed by atoms with van der Waals surface area (Å²) in [5.74, 6) is 0.885. The third-order valence-corrected chi connectivity index (χ3v) is 5.60. The number of anilines is 1. The molecule has 150 valence electrons. The standard InChI is InChI=1S/C18H29N7S.HI/c1-5-19-18(20-10-17-13(2)22-14(3)26-17)23-15-7-6-8-25(11-15)16-9-21-24(4)12-16;/h9,12,15H,5-8,10-11H2,1-4H3,(H2,19,20,23);1H. The van der Waals surface area contributed by atoms with Crippen molar-refractivity contribution in [1.82, 2.24) is 25.4 Å². The minimum atomic E-state index is 0. The molecule has 1 saturated heterocycles. The number of thiazole rings is 1. The first kappa shape index (κ1) is 21.9. The highest BCUT2D eigenvalue weighted by atomic mass is 127. The highest BCUT2D eigenvalue weighted by molar-refractivity contribution is 14.0. The van der Waals surface area contributed by atoms with Crippen LogP contribution in [-0.2, 0) is 13.6 Å². The average Bonchev–Trinajstić information content (AvgIpc) is 3.18. The van der Waals surface area contributed by atoms with Crippen molar-refractivity contribution in [2.24, 2.45) is 12.0 Å². The van der Waals surface area contributed by atoms with Crippen LogP contribution in [0, 0.1) is 13.8 Å². The van der Waals surface area contributed by atoms with Gasteiger partial charge in [0.2, 0.25) is 0 Å². The normalized spacial score (nSPS) is 17.6. The van der Waals surface area contributed by atoms with Gasteiger partial charge in [0.05, 0.1) is 29.1 Å². The van der Waals surface area contributed by atoms with Crippen molar-refractivity contribution in [3.63, 3.8) is 0 Å². The maximum Gasteiger partial charge on any atom is 0.191 e. The van der Waals surface area contributed by atoms with Gasteiger partial charge in [-0.15, -0.1) is 35.3 Å². The Morgan fingerprint density at radius 1 is 1.41 bits per heavy atom. The van der Waals surface area contributed by atoms with Crippen LogP contribution in [0.4, 0.5) is 5.69 Å². The second-order valence-corrected chi connectivity index (χ2v) is 8.03. The van der Waals surface area contributed by atoms with Gasteiger partial charge in [-0.2, -0.15) is 5.10 Å². The van der Waals surface area contributed by atoms with Gasteiger partial charge in [0.1, 0.15) is 0 Å². The molecule has 1 atom stereocenters.